The highest BCUT2D eigenvalue weighted by Crippen LogP contribution is 2.13. The van der Waals surface area contributed by atoms with E-state index in [1.165, 1.54) is 7.11 Å². The van der Waals surface area contributed by atoms with Crippen LogP contribution < -0.4 is 5.73 Å². The van der Waals surface area contributed by atoms with E-state index in [9.17, 15) is 9.59 Å². The molecule has 1 amide bonds. The van der Waals surface area contributed by atoms with Crippen molar-refractivity contribution < 1.29 is 19.1 Å². The van der Waals surface area contributed by atoms with Crippen LogP contribution in [0, 0.1) is 0 Å². The third-order valence-corrected chi connectivity index (χ3v) is 3.50. The maximum absolute atomic E-state index is 12.3. The number of hydrogen-bond donors (Lipinski definition) is 1. The number of carbonyl (C=O) groups is 2. The minimum atomic E-state index is -0.642. The van der Waals surface area contributed by atoms with Crippen LogP contribution >= 0.6 is 0 Å². The summed E-state index contributed by atoms with van der Waals surface area (Å²) in [6.07, 6.45) is 0.923. The van der Waals surface area contributed by atoms with Crippen molar-refractivity contribution in [3.05, 3.63) is 29.8 Å². The van der Waals surface area contributed by atoms with Gasteiger partial charge in [-0.3, -0.25) is 4.79 Å². The Labute approximate surface area is 123 Å². The van der Waals surface area contributed by atoms with Crippen LogP contribution in [-0.2, 0) is 25.5 Å². The van der Waals surface area contributed by atoms with Crippen LogP contribution in [0.1, 0.15) is 12.0 Å². The van der Waals surface area contributed by atoms with Crippen molar-refractivity contribution in [1.29, 1.82) is 0 Å². The number of aryl methyl sites for hydroxylation is 1. The third kappa shape index (κ3) is 3.95. The average molecular weight is 292 g/mol. The third-order valence-electron chi connectivity index (χ3n) is 3.50. The fraction of sp³-hybridized carbons (Fsp3) is 0.467. The second kappa shape index (κ2) is 7.08. The van der Waals surface area contributed by atoms with E-state index < -0.39 is 12.0 Å². The smallest absolute Gasteiger partial charge is 0.331 e. The fourth-order valence-corrected chi connectivity index (χ4v) is 2.38. The van der Waals surface area contributed by atoms with Crippen molar-refractivity contribution in [2.75, 3.05) is 32.6 Å². The first-order valence-corrected chi connectivity index (χ1v) is 6.91. The largest absolute Gasteiger partial charge is 0.467 e. The zero-order valence-electron chi connectivity index (χ0n) is 12.1. The zero-order chi connectivity index (χ0) is 15.2. The number of nitrogens with zero attached hydrogens (tertiary/aromatic N) is 1. The van der Waals surface area contributed by atoms with Crippen LogP contribution in [0.25, 0.3) is 0 Å². The van der Waals surface area contributed by atoms with Gasteiger partial charge in [0.2, 0.25) is 5.91 Å². The number of rotatable bonds is 4. The van der Waals surface area contributed by atoms with Crippen LogP contribution in [0.2, 0.25) is 0 Å². The van der Waals surface area contributed by atoms with E-state index in [-0.39, 0.29) is 12.5 Å². The van der Waals surface area contributed by atoms with Gasteiger partial charge >= 0.3 is 5.97 Å². The van der Waals surface area contributed by atoms with Gasteiger partial charge in [0, 0.05) is 18.7 Å². The lowest BCUT2D eigenvalue weighted by atomic mass is 10.1. The highest BCUT2D eigenvalue weighted by molar-refractivity contribution is 5.85. The number of methoxy groups -OCH3 is 1. The number of amides is 1. The van der Waals surface area contributed by atoms with E-state index in [1.807, 2.05) is 18.2 Å². The van der Waals surface area contributed by atoms with Crippen molar-refractivity contribution in [2.24, 2.45) is 0 Å². The summed E-state index contributed by atoms with van der Waals surface area (Å²) in [4.78, 5) is 25.5. The lowest BCUT2D eigenvalue weighted by Gasteiger charge is -2.33. The van der Waals surface area contributed by atoms with E-state index in [0.717, 1.165) is 5.56 Å². The summed E-state index contributed by atoms with van der Waals surface area (Å²) in [5, 5.41) is 0. The molecule has 0 radical (unpaired) electrons. The molecule has 1 atom stereocenters. The predicted octanol–water partition coefficient (Wildman–Crippen LogP) is 0.602. The number of anilines is 1. The van der Waals surface area contributed by atoms with E-state index in [4.69, 9.17) is 15.2 Å². The number of hydrogen-bond acceptors (Lipinski definition) is 5. The molecule has 1 fully saturated rings. The highest BCUT2D eigenvalue weighted by Gasteiger charge is 2.33. The molecule has 6 heteroatoms. The number of benzene rings is 1. The van der Waals surface area contributed by atoms with Crippen molar-refractivity contribution in [1.82, 2.24) is 4.90 Å². The Morgan fingerprint density at radius 2 is 2.29 bits per heavy atom. The maximum Gasteiger partial charge on any atom is 0.331 e. The van der Waals surface area contributed by atoms with Crippen molar-refractivity contribution in [3.63, 3.8) is 0 Å². The van der Waals surface area contributed by atoms with Gasteiger partial charge in [-0.1, -0.05) is 12.1 Å². The van der Waals surface area contributed by atoms with Gasteiger partial charge in [-0.15, -0.1) is 0 Å². The van der Waals surface area contributed by atoms with Crippen LogP contribution in [-0.4, -0.2) is 49.7 Å². The molecule has 1 aromatic rings. The monoisotopic (exact) mass is 292 g/mol. The van der Waals surface area contributed by atoms with Gasteiger partial charge < -0.3 is 20.1 Å². The number of carbonyl (C=O) groups excluding carboxylic acids is 2. The molecular formula is C15H20N2O4. The molecule has 0 aliphatic carbocycles. The summed E-state index contributed by atoms with van der Waals surface area (Å²) >= 11 is 0. The van der Waals surface area contributed by atoms with Gasteiger partial charge in [0.05, 0.1) is 20.3 Å². The van der Waals surface area contributed by atoms with Gasteiger partial charge in [-0.25, -0.2) is 4.79 Å². The number of morpholine rings is 1. The first-order valence-electron chi connectivity index (χ1n) is 6.91. The van der Waals surface area contributed by atoms with Crippen LogP contribution in [0.4, 0.5) is 5.69 Å². The topological polar surface area (TPSA) is 81.9 Å². The molecular weight excluding hydrogens is 272 g/mol. The minimum Gasteiger partial charge on any atom is -0.467 e. The summed E-state index contributed by atoms with van der Waals surface area (Å²) in [6, 6.07) is 6.81. The Morgan fingerprint density at radius 3 is 3.00 bits per heavy atom. The minimum absolute atomic E-state index is 0.0730. The molecule has 0 saturated carbocycles. The molecule has 0 spiro atoms. The Morgan fingerprint density at radius 1 is 1.48 bits per heavy atom. The zero-order valence-corrected chi connectivity index (χ0v) is 12.1. The average Bonchev–Trinajstić information content (AvgIpc) is 2.52. The number of nitrogen functional groups attached to an aromatic ring is 1. The normalized spacial score (nSPS) is 18.3. The molecule has 2 rings (SSSR count). The van der Waals surface area contributed by atoms with Gasteiger partial charge in [-0.2, -0.15) is 0 Å². The SMILES string of the molecule is COC(=O)C1COCCN1C(=O)CCc1cccc(N)c1. The van der Waals surface area contributed by atoms with Crippen LogP contribution in [0.5, 0.6) is 0 Å². The van der Waals surface area contributed by atoms with Crippen molar-refractivity contribution in [3.8, 4) is 0 Å². The summed E-state index contributed by atoms with van der Waals surface area (Å²) in [5.74, 6) is -0.511. The van der Waals surface area contributed by atoms with E-state index in [0.29, 0.717) is 31.7 Å². The molecule has 1 aromatic carbocycles. The summed E-state index contributed by atoms with van der Waals surface area (Å²) in [6.45, 7) is 1.05. The van der Waals surface area contributed by atoms with Gasteiger partial charge in [0.25, 0.3) is 0 Å². The molecule has 2 N–H and O–H groups in total. The summed E-state index contributed by atoms with van der Waals surface area (Å²) in [5.41, 5.74) is 7.40. The molecule has 1 saturated heterocycles. The Kier molecular flexibility index (Phi) is 5.16. The Balaban J connectivity index is 1.96. The molecule has 0 bridgehead atoms. The summed E-state index contributed by atoms with van der Waals surface area (Å²) in [7, 11) is 1.31. The number of ether oxygens (including phenoxy) is 2. The van der Waals surface area contributed by atoms with Crippen LogP contribution in [0.15, 0.2) is 24.3 Å². The molecule has 114 valence electrons. The van der Waals surface area contributed by atoms with Crippen molar-refractivity contribution in [2.45, 2.75) is 18.9 Å². The lowest BCUT2D eigenvalue weighted by Crippen LogP contribution is -2.53. The molecule has 1 aliphatic rings. The second-order valence-corrected chi connectivity index (χ2v) is 4.95. The highest BCUT2D eigenvalue weighted by atomic mass is 16.5. The molecule has 6 nitrogen and oxygen atoms in total. The number of nitrogens with two attached hydrogens (primary N) is 1. The first kappa shape index (κ1) is 15.3. The van der Waals surface area contributed by atoms with Gasteiger partial charge in [0.1, 0.15) is 0 Å². The predicted molar refractivity (Wildman–Crippen MR) is 77.5 cm³/mol. The quantitative estimate of drug-likeness (QED) is 0.649. The van der Waals surface area contributed by atoms with E-state index in [1.54, 1.807) is 11.0 Å². The Hall–Kier alpha value is -2.08. The van der Waals surface area contributed by atoms with E-state index >= 15 is 0 Å². The van der Waals surface area contributed by atoms with Gasteiger partial charge in [0.15, 0.2) is 6.04 Å². The van der Waals surface area contributed by atoms with E-state index in [2.05, 4.69) is 0 Å². The van der Waals surface area contributed by atoms with Crippen molar-refractivity contribution >= 4 is 17.6 Å². The molecule has 21 heavy (non-hydrogen) atoms. The lowest BCUT2D eigenvalue weighted by molar-refractivity contribution is -0.160. The Bertz CT molecular complexity index is 518. The standard InChI is InChI=1S/C15H20N2O4/c1-20-15(19)13-10-21-8-7-17(13)14(18)6-5-11-3-2-4-12(16)9-11/h2-4,9,13H,5-8,10,16H2,1H3. The molecule has 1 unspecified atom stereocenters. The first-order chi connectivity index (χ1) is 10.1. The number of esters is 1. The van der Waals surface area contributed by atoms with Crippen LogP contribution in [0.3, 0.4) is 0 Å². The molecule has 1 aliphatic heterocycles. The van der Waals surface area contributed by atoms with Gasteiger partial charge in [-0.05, 0) is 24.1 Å². The fourth-order valence-electron chi connectivity index (χ4n) is 2.38. The summed E-state index contributed by atoms with van der Waals surface area (Å²) < 4.78 is 9.97. The maximum atomic E-state index is 12.3. The molecule has 0 aromatic heterocycles. The molecule has 1 heterocycles. The second-order valence-electron chi connectivity index (χ2n) is 4.95.